The molecule has 0 atom stereocenters. The third kappa shape index (κ3) is 2.46. The second kappa shape index (κ2) is 5.62. The second-order valence-corrected chi connectivity index (χ2v) is 5.43. The van der Waals surface area contributed by atoms with Gasteiger partial charge in [0, 0.05) is 9.35 Å². The first kappa shape index (κ1) is 13.2. The van der Waals surface area contributed by atoms with Gasteiger partial charge in [0.2, 0.25) is 0 Å². The summed E-state index contributed by atoms with van der Waals surface area (Å²) >= 11 is 5.11. The minimum absolute atomic E-state index is 0.299. The maximum atomic E-state index is 11.5. The van der Waals surface area contributed by atoms with E-state index in [9.17, 15) is 4.79 Å². The molecule has 0 aliphatic heterocycles. The lowest BCUT2D eigenvalue weighted by Gasteiger charge is -2.04. The van der Waals surface area contributed by atoms with Crippen LogP contribution >= 0.6 is 27.3 Å². The summed E-state index contributed by atoms with van der Waals surface area (Å²) in [5.74, 6) is -0.441. The number of carbonyl (C=O) groups is 1. The molecule has 0 saturated carbocycles. The van der Waals surface area contributed by atoms with Gasteiger partial charge in [0.1, 0.15) is 0 Å². The van der Waals surface area contributed by atoms with Crippen LogP contribution in [0.15, 0.2) is 15.9 Å². The van der Waals surface area contributed by atoms with E-state index in [0.717, 1.165) is 15.0 Å². The molecule has 0 aliphatic carbocycles. The summed E-state index contributed by atoms with van der Waals surface area (Å²) in [6.45, 7) is 2.57. The summed E-state index contributed by atoms with van der Waals surface area (Å²) in [5.41, 5.74) is 1.09. The van der Waals surface area contributed by atoms with E-state index in [0.29, 0.717) is 18.7 Å². The molecule has 7 heteroatoms. The molecule has 0 amide bonds. The molecule has 0 aromatic carbocycles. The number of carbonyl (C=O) groups excluding carboxylic acids is 1. The fraction of sp³-hybridized carbons (Fsp3) is 0.364. The molecule has 2 rings (SSSR count). The zero-order chi connectivity index (χ0) is 13.1. The molecule has 0 unspecified atom stereocenters. The Labute approximate surface area is 117 Å². The number of methoxy groups -OCH3 is 1. The summed E-state index contributed by atoms with van der Waals surface area (Å²) in [6, 6.07) is 1.99. The van der Waals surface area contributed by atoms with E-state index in [4.69, 9.17) is 0 Å². The monoisotopic (exact) mass is 329 g/mol. The van der Waals surface area contributed by atoms with Crippen LogP contribution in [0.1, 0.15) is 28.0 Å². The molecule has 5 nitrogen and oxygen atoms in total. The minimum atomic E-state index is -0.441. The number of rotatable bonds is 4. The first-order valence-electron chi connectivity index (χ1n) is 5.39. The predicted molar refractivity (Wildman–Crippen MR) is 71.9 cm³/mol. The van der Waals surface area contributed by atoms with Crippen molar-refractivity contribution in [2.24, 2.45) is 0 Å². The standard InChI is InChI=1S/C11H12BrN3O2S/c1-3-8-10(11(16)17-2)13-14-15(8)6-9-7(12)4-5-18-9/h4-5H,3,6H2,1-2H3. The Hall–Kier alpha value is -1.21. The lowest BCUT2D eigenvalue weighted by molar-refractivity contribution is 0.0592. The van der Waals surface area contributed by atoms with Crippen molar-refractivity contribution in [1.29, 1.82) is 0 Å². The highest BCUT2D eigenvalue weighted by Gasteiger charge is 2.19. The highest BCUT2D eigenvalue weighted by molar-refractivity contribution is 9.10. The average molecular weight is 330 g/mol. The maximum absolute atomic E-state index is 11.5. The fourth-order valence-corrected chi connectivity index (χ4v) is 3.10. The van der Waals surface area contributed by atoms with E-state index in [1.54, 1.807) is 16.0 Å². The molecular formula is C11H12BrN3O2S. The molecule has 2 aromatic rings. The van der Waals surface area contributed by atoms with E-state index >= 15 is 0 Å². The summed E-state index contributed by atoms with van der Waals surface area (Å²) in [4.78, 5) is 12.7. The number of ether oxygens (including phenoxy) is 1. The normalized spacial score (nSPS) is 10.6. The van der Waals surface area contributed by atoms with Crippen LogP contribution < -0.4 is 0 Å². The summed E-state index contributed by atoms with van der Waals surface area (Å²) < 4.78 is 7.47. The molecule has 0 bridgehead atoms. The van der Waals surface area contributed by atoms with Crippen molar-refractivity contribution in [3.8, 4) is 0 Å². The highest BCUT2D eigenvalue weighted by atomic mass is 79.9. The molecule has 0 radical (unpaired) electrons. The molecule has 0 aliphatic rings. The third-order valence-electron chi connectivity index (χ3n) is 2.54. The van der Waals surface area contributed by atoms with Gasteiger partial charge >= 0.3 is 5.97 Å². The first-order valence-corrected chi connectivity index (χ1v) is 7.07. The van der Waals surface area contributed by atoms with E-state index in [1.807, 2.05) is 18.4 Å². The fourth-order valence-electron chi connectivity index (χ4n) is 1.64. The molecular weight excluding hydrogens is 318 g/mol. The van der Waals surface area contributed by atoms with Crippen LogP contribution in [-0.2, 0) is 17.7 Å². The quantitative estimate of drug-likeness (QED) is 0.808. The van der Waals surface area contributed by atoms with Gasteiger partial charge in [-0.05, 0) is 33.8 Å². The lowest BCUT2D eigenvalue weighted by Crippen LogP contribution is -2.09. The van der Waals surface area contributed by atoms with Crippen molar-refractivity contribution < 1.29 is 9.53 Å². The van der Waals surface area contributed by atoms with Gasteiger partial charge in [-0.15, -0.1) is 16.4 Å². The maximum Gasteiger partial charge on any atom is 0.360 e. The Morgan fingerprint density at radius 3 is 2.94 bits per heavy atom. The Balaban J connectivity index is 2.32. The van der Waals surface area contributed by atoms with E-state index < -0.39 is 5.97 Å². The van der Waals surface area contributed by atoms with Gasteiger partial charge in [-0.3, -0.25) is 0 Å². The van der Waals surface area contributed by atoms with E-state index in [-0.39, 0.29) is 0 Å². The van der Waals surface area contributed by atoms with Crippen LogP contribution in [0.3, 0.4) is 0 Å². The Morgan fingerprint density at radius 1 is 1.61 bits per heavy atom. The molecule has 0 fully saturated rings. The van der Waals surface area contributed by atoms with Gasteiger partial charge in [-0.25, -0.2) is 9.48 Å². The number of thiophene rings is 1. The summed E-state index contributed by atoms with van der Waals surface area (Å²) in [5, 5.41) is 9.92. The zero-order valence-electron chi connectivity index (χ0n) is 10.0. The van der Waals surface area contributed by atoms with Gasteiger partial charge in [0.25, 0.3) is 0 Å². The van der Waals surface area contributed by atoms with Crippen LogP contribution in [-0.4, -0.2) is 28.1 Å². The molecule has 2 aromatic heterocycles. The minimum Gasteiger partial charge on any atom is -0.464 e. The van der Waals surface area contributed by atoms with Gasteiger partial charge < -0.3 is 4.74 Å². The summed E-state index contributed by atoms with van der Waals surface area (Å²) in [7, 11) is 1.34. The van der Waals surface area contributed by atoms with Gasteiger partial charge in [-0.2, -0.15) is 0 Å². The number of aromatic nitrogens is 3. The van der Waals surface area contributed by atoms with Crippen molar-refractivity contribution in [3.63, 3.8) is 0 Å². The Morgan fingerprint density at radius 2 is 2.39 bits per heavy atom. The predicted octanol–water partition coefficient (Wildman–Crippen LogP) is 2.50. The molecule has 0 N–H and O–H groups in total. The van der Waals surface area contributed by atoms with Gasteiger partial charge in [0.15, 0.2) is 5.69 Å². The molecule has 18 heavy (non-hydrogen) atoms. The number of halogens is 1. The molecule has 0 spiro atoms. The van der Waals surface area contributed by atoms with Crippen LogP contribution in [0.25, 0.3) is 0 Å². The summed E-state index contributed by atoms with van der Waals surface area (Å²) in [6.07, 6.45) is 0.681. The van der Waals surface area contributed by atoms with Gasteiger partial charge in [0.05, 0.1) is 19.3 Å². The van der Waals surface area contributed by atoms with Crippen molar-refractivity contribution in [1.82, 2.24) is 15.0 Å². The van der Waals surface area contributed by atoms with Crippen molar-refractivity contribution in [3.05, 3.63) is 32.2 Å². The van der Waals surface area contributed by atoms with Crippen molar-refractivity contribution >= 4 is 33.2 Å². The highest BCUT2D eigenvalue weighted by Crippen LogP contribution is 2.24. The number of nitrogens with zero attached hydrogens (tertiary/aromatic N) is 3. The SMILES string of the molecule is CCc1c(C(=O)OC)nnn1Cc1sccc1Br. The van der Waals surface area contributed by atoms with Crippen LogP contribution in [0.5, 0.6) is 0 Å². The van der Waals surface area contributed by atoms with Gasteiger partial charge in [-0.1, -0.05) is 12.1 Å². The zero-order valence-corrected chi connectivity index (χ0v) is 12.4. The first-order chi connectivity index (χ1) is 8.67. The third-order valence-corrected chi connectivity index (χ3v) is 4.45. The number of hydrogen-bond acceptors (Lipinski definition) is 5. The Bertz CT molecular complexity index is 564. The van der Waals surface area contributed by atoms with Crippen LogP contribution in [0.4, 0.5) is 0 Å². The smallest absolute Gasteiger partial charge is 0.360 e. The molecule has 96 valence electrons. The second-order valence-electron chi connectivity index (χ2n) is 3.58. The lowest BCUT2D eigenvalue weighted by atomic mass is 10.2. The molecule has 2 heterocycles. The molecule has 0 saturated heterocycles. The van der Waals surface area contributed by atoms with Crippen LogP contribution in [0.2, 0.25) is 0 Å². The van der Waals surface area contributed by atoms with Crippen molar-refractivity contribution in [2.75, 3.05) is 7.11 Å². The Kier molecular flexibility index (Phi) is 4.13. The van der Waals surface area contributed by atoms with E-state index in [1.165, 1.54) is 7.11 Å². The topological polar surface area (TPSA) is 57.0 Å². The average Bonchev–Trinajstić information content (AvgIpc) is 2.96. The van der Waals surface area contributed by atoms with E-state index in [2.05, 4.69) is 31.0 Å². The van der Waals surface area contributed by atoms with Crippen LogP contribution in [0, 0.1) is 0 Å². The number of hydrogen-bond donors (Lipinski definition) is 0. The largest absolute Gasteiger partial charge is 0.464 e. The van der Waals surface area contributed by atoms with Crippen molar-refractivity contribution in [2.45, 2.75) is 19.9 Å². The number of esters is 1.